The number of carbonyl (C=O) groups excluding carboxylic acids is 1. The lowest BCUT2D eigenvalue weighted by Crippen LogP contribution is -2.36. The standard InChI is InChI=1S/C13H17N3O2/c1-14-12-9-3-2-4-10(11(9)15-13(12)17)16-5-7-18-8-6-16/h2-4,12,14H,5-8H2,1H3,(H,15,17). The number of ether oxygens (including phenoxy) is 1. The molecule has 96 valence electrons. The molecule has 1 fully saturated rings. The molecular weight excluding hydrogens is 230 g/mol. The molecule has 2 aliphatic rings. The van der Waals surface area contributed by atoms with Gasteiger partial charge in [0.25, 0.3) is 0 Å². The molecule has 0 bridgehead atoms. The third-order valence-corrected chi connectivity index (χ3v) is 3.54. The third-order valence-electron chi connectivity index (χ3n) is 3.54. The molecule has 1 atom stereocenters. The zero-order valence-electron chi connectivity index (χ0n) is 10.4. The van der Waals surface area contributed by atoms with E-state index in [4.69, 9.17) is 4.74 Å². The first-order chi connectivity index (χ1) is 8.81. The summed E-state index contributed by atoms with van der Waals surface area (Å²) in [5.74, 6) is 0.0215. The molecular formula is C13H17N3O2. The number of hydrogen-bond donors (Lipinski definition) is 2. The number of morpholine rings is 1. The third kappa shape index (κ3) is 1.76. The lowest BCUT2D eigenvalue weighted by atomic mass is 10.1. The van der Waals surface area contributed by atoms with E-state index in [0.717, 1.165) is 43.2 Å². The summed E-state index contributed by atoms with van der Waals surface area (Å²) in [4.78, 5) is 14.1. The van der Waals surface area contributed by atoms with E-state index in [-0.39, 0.29) is 11.9 Å². The molecule has 1 aromatic carbocycles. The maximum absolute atomic E-state index is 11.9. The number of likely N-dealkylation sites (N-methyl/N-ethyl adjacent to an activating group) is 1. The van der Waals surface area contributed by atoms with Gasteiger partial charge in [-0.25, -0.2) is 0 Å². The average Bonchev–Trinajstić information content (AvgIpc) is 2.74. The summed E-state index contributed by atoms with van der Waals surface area (Å²) in [5.41, 5.74) is 3.08. The number of hydrogen-bond acceptors (Lipinski definition) is 4. The molecule has 1 aromatic rings. The Hall–Kier alpha value is -1.59. The first kappa shape index (κ1) is 11.5. The monoisotopic (exact) mass is 247 g/mol. The molecule has 1 amide bonds. The fourth-order valence-corrected chi connectivity index (χ4v) is 2.63. The number of anilines is 2. The molecule has 0 radical (unpaired) electrons. The van der Waals surface area contributed by atoms with E-state index in [0.29, 0.717) is 0 Å². The van der Waals surface area contributed by atoms with Crippen molar-refractivity contribution in [1.29, 1.82) is 0 Å². The molecule has 2 N–H and O–H groups in total. The molecule has 0 saturated carbocycles. The highest BCUT2D eigenvalue weighted by molar-refractivity contribution is 6.06. The van der Waals surface area contributed by atoms with E-state index in [1.807, 2.05) is 12.1 Å². The predicted octanol–water partition coefficient (Wildman–Crippen LogP) is 0.736. The Morgan fingerprint density at radius 2 is 2.17 bits per heavy atom. The minimum absolute atomic E-state index is 0.0215. The average molecular weight is 247 g/mol. The van der Waals surface area contributed by atoms with E-state index >= 15 is 0 Å². The minimum Gasteiger partial charge on any atom is -0.378 e. The van der Waals surface area contributed by atoms with Crippen LogP contribution in [0.2, 0.25) is 0 Å². The fourth-order valence-electron chi connectivity index (χ4n) is 2.63. The quantitative estimate of drug-likeness (QED) is 0.809. The van der Waals surface area contributed by atoms with Crippen LogP contribution in [0.3, 0.4) is 0 Å². The summed E-state index contributed by atoms with van der Waals surface area (Å²) in [6, 6.07) is 5.83. The first-order valence-electron chi connectivity index (χ1n) is 6.25. The van der Waals surface area contributed by atoms with Crippen molar-refractivity contribution in [3.05, 3.63) is 23.8 Å². The fraction of sp³-hybridized carbons (Fsp3) is 0.462. The molecule has 3 rings (SSSR count). The molecule has 1 unspecified atom stereocenters. The maximum Gasteiger partial charge on any atom is 0.246 e. The molecule has 0 aliphatic carbocycles. The summed E-state index contributed by atoms with van der Waals surface area (Å²) in [6.07, 6.45) is 0. The number of amides is 1. The van der Waals surface area contributed by atoms with Gasteiger partial charge in [0, 0.05) is 18.7 Å². The summed E-state index contributed by atoms with van der Waals surface area (Å²) in [5, 5.41) is 6.03. The number of rotatable bonds is 2. The van der Waals surface area contributed by atoms with Crippen molar-refractivity contribution in [2.75, 3.05) is 43.6 Å². The topological polar surface area (TPSA) is 53.6 Å². The lowest BCUT2D eigenvalue weighted by molar-refractivity contribution is -0.117. The number of carbonyl (C=O) groups is 1. The van der Waals surface area contributed by atoms with Crippen LogP contribution in [0.5, 0.6) is 0 Å². The van der Waals surface area contributed by atoms with Crippen LogP contribution >= 0.6 is 0 Å². The van der Waals surface area contributed by atoms with Gasteiger partial charge in [0.05, 0.1) is 24.6 Å². The van der Waals surface area contributed by atoms with E-state index < -0.39 is 0 Å². The van der Waals surface area contributed by atoms with Crippen molar-refractivity contribution in [3.8, 4) is 0 Å². The Balaban J connectivity index is 1.98. The van der Waals surface area contributed by atoms with Crippen LogP contribution < -0.4 is 15.5 Å². The normalized spacial score (nSPS) is 22.8. The smallest absolute Gasteiger partial charge is 0.246 e. The second kappa shape index (κ2) is 4.59. The Morgan fingerprint density at radius 1 is 1.39 bits per heavy atom. The van der Waals surface area contributed by atoms with Gasteiger partial charge in [-0.1, -0.05) is 12.1 Å². The van der Waals surface area contributed by atoms with Gasteiger partial charge in [0.2, 0.25) is 5.91 Å². The van der Waals surface area contributed by atoms with E-state index in [2.05, 4.69) is 21.6 Å². The van der Waals surface area contributed by atoms with Gasteiger partial charge in [0.1, 0.15) is 6.04 Å². The van der Waals surface area contributed by atoms with Crippen LogP contribution in [0.15, 0.2) is 18.2 Å². The highest BCUT2D eigenvalue weighted by Crippen LogP contribution is 2.38. The zero-order chi connectivity index (χ0) is 12.5. The van der Waals surface area contributed by atoms with Crippen LogP contribution in [-0.2, 0) is 9.53 Å². The van der Waals surface area contributed by atoms with Crippen molar-refractivity contribution in [3.63, 3.8) is 0 Å². The highest BCUT2D eigenvalue weighted by atomic mass is 16.5. The van der Waals surface area contributed by atoms with Gasteiger partial charge < -0.3 is 20.3 Å². The van der Waals surface area contributed by atoms with Gasteiger partial charge in [0.15, 0.2) is 0 Å². The van der Waals surface area contributed by atoms with Gasteiger partial charge in [-0.05, 0) is 13.1 Å². The van der Waals surface area contributed by atoms with Crippen molar-refractivity contribution in [1.82, 2.24) is 5.32 Å². The Labute approximate surface area is 106 Å². The summed E-state index contributed by atoms with van der Waals surface area (Å²) >= 11 is 0. The maximum atomic E-state index is 11.9. The number of nitrogens with one attached hydrogen (secondary N) is 2. The van der Waals surface area contributed by atoms with Gasteiger partial charge in [-0.2, -0.15) is 0 Å². The SMILES string of the molecule is CNC1C(=O)Nc2c1cccc2N1CCOCC1. The molecule has 0 aromatic heterocycles. The van der Waals surface area contributed by atoms with Gasteiger partial charge >= 0.3 is 0 Å². The second-order valence-corrected chi connectivity index (χ2v) is 4.55. The minimum atomic E-state index is -0.235. The molecule has 0 spiro atoms. The lowest BCUT2D eigenvalue weighted by Gasteiger charge is -2.30. The summed E-state index contributed by atoms with van der Waals surface area (Å²) in [6.45, 7) is 3.23. The Bertz CT molecular complexity index is 469. The number of nitrogens with zero attached hydrogens (tertiary/aromatic N) is 1. The van der Waals surface area contributed by atoms with Crippen molar-refractivity contribution >= 4 is 17.3 Å². The number of benzene rings is 1. The Morgan fingerprint density at radius 3 is 2.89 bits per heavy atom. The summed E-state index contributed by atoms with van der Waals surface area (Å²) in [7, 11) is 1.81. The van der Waals surface area contributed by atoms with Crippen LogP contribution in [0.25, 0.3) is 0 Å². The van der Waals surface area contributed by atoms with E-state index in [1.54, 1.807) is 7.05 Å². The van der Waals surface area contributed by atoms with Crippen molar-refractivity contribution in [2.24, 2.45) is 0 Å². The molecule has 5 nitrogen and oxygen atoms in total. The van der Waals surface area contributed by atoms with Crippen molar-refractivity contribution in [2.45, 2.75) is 6.04 Å². The van der Waals surface area contributed by atoms with Crippen molar-refractivity contribution < 1.29 is 9.53 Å². The van der Waals surface area contributed by atoms with Crippen LogP contribution in [0.1, 0.15) is 11.6 Å². The van der Waals surface area contributed by atoms with E-state index in [9.17, 15) is 4.79 Å². The number of para-hydroxylation sites is 1. The van der Waals surface area contributed by atoms with Crippen LogP contribution in [0.4, 0.5) is 11.4 Å². The largest absolute Gasteiger partial charge is 0.378 e. The van der Waals surface area contributed by atoms with Gasteiger partial charge in [-0.3, -0.25) is 4.79 Å². The predicted molar refractivity (Wildman–Crippen MR) is 69.9 cm³/mol. The van der Waals surface area contributed by atoms with Gasteiger partial charge in [-0.15, -0.1) is 0 Å². The first-order valence-corrected chi connectivity index (χ1v) is 6.25. The second-order valence-electron chi connectivity index (χ2n) is 4.55. The molecule has 5 heteroatoms. The number of fused-ring (bicyclic) bond motifs is 1. The molecule has 2 heterocycles. The zero-order valence-corrected chi connectivity index (χ0v) is 10.4. The van der Waals surface area contributed by atoms with Crippen LogP contribution in [-0.4, -0.2) is 39.3 Å². The molecule has 2 aliphatic heterocycles. The Kier molecular flexibility index (Phi) is 2.93. The highest BCUT2D eigenvalue weighted by Gasteiger charge is 2.32. The van der Waals surface area contributed by atoms with E-state index in [1.165, 1.54) is 0 Å². The molecule has 1 saturated heterocycles. The molecule has 18 heavy (non-hydrogen) atoms. The summed E-state index contributed by atoms with van der Waals surface area (Å²) < 4.78 is 5.36. The van der Waals surface area contributed by atoms with Crippen LogP contribution in [0, 0.1) is 0 Å².